The summed E-state index contributed by atoms with van der Waals surface area (Å²) in [5.74, 6) is 0.0655. The Morgan fingerprint density at radius 1 is 0.903 bits per heavy atom. The predicted molar refractivity (Wildman–Crippen MR) is 123 cm³/mol. The Bertz CT molecular complexity index is 1080. The van der Waals surface area contributed by atoms with Gasteiger partial charge in [-0.3, -0.25) is 9.69 Å². The van der Waals surface area contributed by atoms with E-state index < -0.39 is 10.0 Å². The van der Waals surface area contributed by atoms with Gasteiger partial charge in [0.05, 0.1) is 9.77 Å². The van der Waals surface area contributed by atoms with Gasteiger partial charge in [-0.15, -0.1) is 11.3 Å². The highest BCUT2D eigenvalue weighted by Gasteiger charge is 2.29. The molecule has 6 nitrogen and oxygen atoms in total. The summed E-state index contributed by atoms with van der Waals surface area (Å²) in [6.45, 7) is 2.87. The summed E-state index contributed by atoms with van der Waals surface area (Å²) in [6.07, 6.45) is 0. The maximum atomic E-state index is 12.7. The quantitative estimate of drug-likeness (QED) is 0.594. The minimum Gasteiger partial charge on any atom is -0.335 e. The average Bonchev–Trinajstić information content (AvgIpc) is 3.35. The zero-order valence-electron chi connectivity index (χ0n) is 17.1. The Kier molecular flexibility index (Phi) is 6.82. The summed E-state index contributed by atoms with van der Waals surface area (Å²) in [6, 6.07) is 21.9. The fraction of sp³-hybridized carbons (Fsp3) is 0.261. The summed E-state index contributed by atoms with van der Waals surface area (Å²) in [7, 11) is -3.60. The van der Waals surface area contributed by atoms with Crippen LogP contribution in [0.4, 0.5) is 0 Å². The van der Waals surface area contributed by atoms with E-state index in [1.165, 1.54) is 11.3 Å². The molecule has 1 saturated heterocycles. The van der Waals surface area contributed by atoms with E-state index in [9.17, 15) is 13.2 Å². The maximum Gasteiger partial charge on any atom is 0.264 e. The van der Waals surface area contributed by atoms with Crippen LogP contribution in [0.2, 0.25) is 0 Å². The van der Waals surface area contributed by atoms with Crippen LogP contribution in [0.25, 0.3) is 0 Å². The lowest BCUT2D eigenvalue weighted by atomic mass is 10.0. The smallest absolute Gasteiger partial charge is 0.264 e. The van der Waals surface area contributed by atoms with Crippen molar-refractivity contribution in [2.75, 3.05) is 32.7 Å². The van der Waals surface area contributed by atoms with Crippen LogP contribution in [0.15, 0.2) is 83.1 Å². The molecule has 0 aliphatic carbocycles. The summed E-state index contributed by atoms with van der Waals surface area (Å²) in [4.78, 5) is 17.8. The van der Waals surface area contributed by atoms with Gasteiger partial charge in [-0.1, -0.05) is 54.6 Å². The molecule has 1 aliphatic rings. The highest BCUT2D eigenvalue weighted by Crippen LogP contribution is 2.23. The molecule has 1 atom stereocenters. The first-order valence-corrected chi connectivity index (χ1v) is 12.6. The van der Waals surface area contributed by atoms with E-state index >= 15 is 0 Å². The van der Waals surface area contributed by atoms with E-state index in [-0.39, 0.29) is 23.4 Å². The van der Waals surface area contributed by atoms with Crippen molar-refractivity contribution in [1.29, 1.82) is 0 Å². The molecule has 0 saturated carbocycles. The minimum atomic E-state index is -3.60. The third kappa shape index (κ3) is 5.22. The van der Waals surface area contributed by atoms with Crippen LogP contribution >= 0.6 is 11.3 Å². The van der Waals surface area contributed by atoms with Gasteiger partial charge in [-0.25, -0.2) is 13.1 Å². The highest BCUT2D eigenvalue weighted by molar-refractivity contribution is 7.89. The Labute approximate surface area is 187 Å². The van der Waals surface area contributed by atoms with Crippen LogP contribution in [0, 0.1) is 0 Å². The van der Waals surface area contributed by atoms with Gasteiger partial charge in [0.15, 0.2) is 0 Å². The van der Waals surface area contributed by atoms with Gasteiger partial charge in [0.2, 0.25) is 10.0 Å². The van der Waals surface area contributed by atoms with Gasteiger partial charge >= 0.3 is 0 Å². The topological polar surface area (TPSA) is 69.7 Å². The lowest BCUT2D eigenvalue weighted by molar-refractivity contribution is 0.0575. The highest BCUT2D eigenvalue weighted by atomic mass is 32.2. The average molecular weight is 456 g/mol. The largest absolute Gasteiger partial charge is 0.335 e. The minimum absolute atomic E-state index is 0.0655. The fourth-order valence-corrected chi connectivity index (χ4v) is 5.55. The molecule has 2 heterocycles. The Morgan fingerprint density at radius 2 is 1.55 bits per heavy atom. The molecule has 0 bridgehead atoms. The van der Waals surface area contributed by atoms with E-state index in [1.54, 1.807) is 30.3 Å². The van der Waals surface area contributed by atoms with Crippen LogP contribution in [0.3, 0.4) is 0 Å². The number of thiophene rings is 1. The molecule has 1 unspecified atom stereocenters. The van der Waals surface area contributed by atoms with Crippen LogP contribution in [-0.4, -0.2) is 56.8 Å². The normalized spacial score (nSPS) is 16.2. The molecular formula is C23H25N3O3S2. The number of benzene rings is 2. The molecular weight excluding hydrogens is 430 g/mol. The molecule has 162 valence electrons. The first-order chi connectivity index (χ1) is 15.0. The number of nitrogens with zero attached hydrogens (tertiary/aromatic N) is 2. The SMILES string of the molecule is O=C(c1cccs1)N1CCN(C(CNS(=O)(=O)c2ccccc2)c2ccccc2)CC1. The number of hydrogen-bond acceptors (Lipinski definition) is 5. The standard InChI is InChI=1S/C23H25N3O3S2/c27-23(22-12-7-17-30-22)26-15-13-25(14-16-26)21(19-8-3-1-4-9-19)18-24-31(28,29)20-10-5-2-6-11-20/h1-12,17,21,24H,13-16,18H2. The van der Waals surface area contributed by atoms with Crippen molar-refractivity contribution in [2.45, 2.75) is 10.9 Å². The molecule has 0 radical (unpaired) electrons. The first kappa shape index (κ1) is 21.7. The number of amides is 1. The van der Waals surface area contributed by atoms with Gasteiger partial charge in [-0.2, -0.15) is 0 Å². The van der Waals surface area contributed by atoms with Crippen LogP contribution in [-0.2, 0) is 10.0 Å². The number of carbonyl (C=O) groups excluding carboxylic acids is 1. The number of rotatable bonds is 7. The number of piperazine rings is 1. The van der Waals surface area contributed by atoms with Crippen molar-refractivity contribution < 1.29 is 13.2 Å². The van der Waals surface area contributed by atoms with Crippen molar-refractivity contribution in [2.24, 2.45) is 0 Å². The Morgan fingerprint density at radius 3 is 2.16 bits per heavy atom. The van der Waals surface area contributed by atoms with Gasteiger partial charge in [-0.05, 0) is 29.1 Å². The second kappa shape index (κ2) is 9.74. The van der Waals surface area contributed by atoms with Crippen LogP contribution in [0.1, 0.15) is 21.3 Å². The molecule has 31 heavy (non-hydrogen) atoms. The molecule has 8 heteroatoms. The van der Waals surface area contributed by atoms with Crippen molar-refractivity contribution in [1.82, 2.24) is 14.5 Å². The molecule has 1 N–H and O–H groups in total. The van der Waals surface area contributed by atoms with Gasteiger partial charge < -0.3 is 4.90 Å². The Balaban J connectivity index is 1.46. The summed E-state index contributed by atoms with van der Waals surface area (Å²) >= 11 is 1.46. The summed E-state index contributed by atoms with van der Waals surface area (Å²) in [5.41, 5.74) is 1.05. The predicted octanol–water partition coefficient (Wildman–Crippen LogP) is 3.23. The number of nitrogens with one attached hydrogen (secondary N) is 1. The van der Waals surface area contributed by atoms with E-state index in [4.69, 9.17) is 0 Å². The Hall–Kier alpha value is -2.52. The van der Waals surface area contributed by atoms with Crippen LogP contribution in [0.5, 0.6) is 0 Å². The summed E-state index contributed by atoms with van der Waals surface area (Å²) < 4.78 is 28.3. The van der Waals surface area contributed by atoms with Crippen molar-refractivity contribution in [3.63, 3.8) is 0 Å². The summed E-state index contributed by atoms with van der Waals surface area (Å²) in [5, 5.41) is 1.91. The molecule has 3 aromatic rings. The number of hydrogen-bond donors (Lipinski definition) is 1. The van der Waals surface area contributed by atoms with E-state index in [2.05, 4.69) is 9.62 Å². The molecule has 1 aromatic heterocycles. The van der Waals surface area contributed by atoms with Crippen LogP contribution < -0.4 is 4.72 Å². The van der Waals surface area contributed by atoms with Gasteiger partial charge in [0, 0.05) is 38.8 Å². The zero-order chi connectivity index (χ0) is 21.7. The van der Waals surface area contributed by atoms with E-state index in [1.807, 2.05) is 52.7 Å². The third-order valence-electron chi connectivity index (χ3n) is 5.48. The molecule has 1 aliphatic heterocycles. The molecule has 4 rings (SSSR count). The van der Waals surface area contributed by atoms with Gasteiger partial charge in [0.25, 0.3) is 5.91 Å². The fourth-order valence-electron chi connectivity index (χ4n) is 3.80. The zero-order valence-corrected chi connectivity index (χ0v) is 18.7. The van der Waals surface area contributed by atoms with Crippen molar-refractivity contribution in [3.8, 4) is 0 Å². The third-order valence-corrected chi connectivity index (χ3v) is 7.78. The lowest BCUT2D eigenvalue weighted by Crippen LogP contribution is -2.51. The second-order valence-corrected chi connectivity index (χ2v) is 10.1. The molecule has 1 amide bonds. The lowest BCUT2D eigenvalue weighted by Gasteiger charge is -2.39. The van der Waals surface area contributed by atoms with E-state index in [0.717, 1.165) is 10.4 Å². The van der Waals surface area contributed by atoms with Crippen molar-refractivity contribution >= 4 is 27.3 Å². The molecule has 1 fully saturated rings. The molecule has 2 aromatic carbocycles. The number of sulfonamides is 1. The monoisotopic (exact) mass is 455 g/mol. The van der Waals surface area contributed by atoms with E-state index in [0.29, 0.717) is 26.2 Å². The second-order valence-electron chi connectivity index (χ2n) is 7.40. The van der Waals surface area contributed by atoms with Crippen molar-refractivity contribution in [3.05, 3.63) is 88.6 Å². The number of carbonyl (C=O) groups is 1. The molecule has 0 spiro atoms. The maximum absolute atomic E-state index is 12.7. The first-order valence-electron chi connectivity index (χ1n) is 10.2. The van der Waals surface area contributed by atoms with Gasteiger partial charge in [0.1, 0.15) is 0 Å².